The molecule has 4 nitrogen and oxygen atoms in total. The van der Waals surface area contributed by atoms with Gasteiger partial charge in [0.25, 0.3) is 0 Å². The van der Waals surface area contributed by atoms with Crippen molar-refractivity contribution in [2.24, 2.45) is 5.92 Å². The maximum absolute atomic E-state index is 12.1. The molecule has 0 radical (unpaired) electrons. The van der Waals surface area contributed by atoms with Crippen molar-refractivity contribution in [1.29, 1.82) is 0 Å². The second-order valence-corrected chi connectivity index (χ2v) is 6.72. The van der Waals surface area contributed by atoms with Gasteiger partial charge >= 0.3 is 5.97 Å². The zero-order valence-electron chi connectivity index (χ0n) is 14.3. The predicted octanol–water partition coefficient (Wildman–Crippen LogP) is 3.51. The summed E-state index contributed by atoms with van der Waals surface area (Å²) in [6, 6.07) is 7.65. The van der Waals surface area contributed by atoms with E-state index in [1.165, 1.54) is 0 Å². The number of carbonyl (C=O) groups excluding carboxylic acids is 2. The van der Waals surface area contributed by atoms with Gasteiger partial charge in [0.1, 0.15) is 5.78 Å². The number of halogens is 1. The molecular formula is C19H26ClNO3. The van der Waals surface area contributed by atoms with Gasteiger partial charge in [-0.15, -0.1) is 0 Å². The molecule has 2 rings (SSSR count). The van der Waals surface area contributed by atoms with Crippen LogP contribution in [0.15, 0.2) is 24.3 Å². The van der Waals surface area contributed by atoms with Crippen molar-refractivity contribution in [3.05, 3.63) is 34.9 Å². The summed E-state index contributed by atoms with van der Waals surface area (Å²) >= 11 is 5.86. The Kier molecular flexibility index (Phi) is 7.73. The monoisotopic (exact) mass is 351 g/mol. The number of esters is 1. The third-order valence-corrected chi connectivity index (χ3v) is 4.77. The highest BCUT2D eigenvalue weighted by Gasteiger charge is 2.25. The van der Waals surface area contributed by atoms with Gasteiger partial charge in [-0.3, -0.25) is 9.59 Å². The van der Waals surface area contributed by atoms with E-state index >= 15 is 0 Å². The van der Waals surface area contributed by atoms with Gasteiger partial charge < -0.3 is 9.64 Å². The van der Waals surface area contributed by atoms with Crippen molar-refractivity contribution < 1.29 is 14.3 Å². The summed E-state index contributed by atoms with van der Waals surface area (Å²) < 4.78 is 5.08. The lowest BCUT2D eigenvalue weighted by atomic mass is 9.96. The molecule has 0 spiro atoms. The SMILES string of the molecule is CCOC(=O)C1CCN(CCC(=O)CCc2ccc(Cl)cc2)CC1. The van der Waals surface area contributed by atoms with Crippen molar-refractivity contribution in [3.63, 3.8) is 0 Å². The molecule has 1 saturated heterocycles. The van der Waals surface area contributed by atoms with E-state index in [0.717, 1.165) is 49.5 Å². The average molecular weight is 352 g/mol. The van der Waals surface area contributed by atoms with Gasteiger partial charge in [0, 0.05) is 24.4 Å². The van der Waals surface area contributed by atoms with Crippen molar-refractivity contribution in [2.75, 3.05) is 26.2 Å². The van der Waals surface area contributed by atoms with E-state index < -0.39 is 0 Å². The van der Waals surface area contributed by atoms with Crippen LogP contribution in [-0.4, -0.2) is 42.9 Å². The molecule has 0 aromatic heterocycles. The Bertz CT molecular complexity index is 536. The van der Waals surface area contributed by atoms with E-state index in [0.29, 0.717) is 19.4 Å². The largest absolute Gasteiger partial charge is 0.466 e. The molecule has 24 heavy (non-hydrogen) atoms. The molecule has 0 unspecified atom stereocenters. The Morgan fingerprint density at radius 2 is 1.83 bits per heavy atom. The van der Waals surface area contributed by atoms with Crippen LogP contribution < -0.4 is 0 Å². The minimum absolute atomic E-state index is 0.0295. The number of hydrogen-bond donors (Lipinski definition) is 0. The van der Waals surface area contributed by atoms with Crippen LogP contribution in [0.3, 0.4) is 0 Å². The van der Waals surface area contributed by atoms with Gasteiger partial charge in [-0.25, -0.2) is 0 Å². The zero-order chi connectivity index (χ0) is 17.4. The first-order chi connectivity index (χ1) is 11.6. The lowest BCUT2D eigenvalue weighted by molar-refractivity contribution is -0.149. The fourth-order valence-electron chi connectivity index (χ4n) is 3.00. The Morgan fingerprint density at radius 3 is 2.46 bits per heavy atom. The van der Waals surface area contributed by atoms with Crippen LogP contribution in [0, 0.1) is 5.92 Å². The zero-order valence-corrected chi connectivity index (χ0v) is 15.1. The summed E-state index contributed by atoms with van der Waals surface area (Å²) in [5.74, 6) is 0.246. The van der Waals surface area contributed by atoms with E-state index in [1.807, 2.05) is 31.2 Å². The molecule has 0 bridgehead atoms. The molecule has 1 aliphatic rings. The highest BCUT2D eigenvalue weighted by atomic mass is 35.5. The fourth-order valence-corrected chi connectivity index (χ4v) is 3.12. The summed E-state index contributed by atoms with van der Waals surface area (Å²) in [5.41, 5.74) is 1.14. The first-order valence-electron chi connectivity index (χ1n) is 8.73. The van der Waals surface area contributed by atoms with Gasteiger partial charge in [0.2, 0.25) is 0 Å². The van der Waals surface area contributed by atoms with Crippen LogP contribution in [0.1, 0.15) is 38.2 Å². The number of likely N-dealkylation sites (tertiary alicyclic amines) is 1. The molecule has 1 fully saturated rings. The summed E-state index contributed by atoms with van der Waals surface area (Å²) in [7, 11) is 0. The second kappa shape index (κ2) is 9.80. The molecular weight excluding hydrogens is 326 g/mol. The van der Waals surface area contributed by atoms with Gasteiger partial charge in [-0.1, -0.05) is 23.7 Å². The quantitative estimate of drug-likeness (QED) is 0.672. The maximum Gasteiger partial charge on any atom is 0.309 e. The van der Waals surface area contributed by atoms with Gasteiger partial charge in [0.15, 0.2) is 0 Å². The number of rotatable bonds is 8. The van der Waals surface area contributed by atoms with E-state index in [9.17, 15) is 9.59 Å². The highest BCUT2D eigenvalue weighted by molar-refractivity contribution is 6.30. The number of hydrogen-bond acceptors (Lipinski definition) is 4. The van der Waals surface area contributed by atoms with Crippen molar-refractivity contribution in [1.82, 2.24) is 4.90 Å². The van der Waals surface area contributed by atoms with Crippen LogP contribution in [0.2, 0.25) is 5.02 Å². The molecule has 1 aromatic rings. The van der Waals surface area contributed by atoms with Crippen LogP contribution in [0.5, 0.6) is 0 Å². The van der Waals surface area contributed by atoms with Crippen LogP contribution in [-0.2, 0) is 20.7 Å². The smallest absolute Gasteiger partial charge is 0.309 e. The normalized spacial score (nSPS) is 16.1. The van der Waals surface area contributed by atoms with Gasteiger partial charge in [-0.2, -0.15) is 0 Å². The molecule has 0 saturated carbocycles. The highest BCUT2D eigenvalue weighted by Crippen LogP contribution is 2.19. The maximum atomic E-state index is 12.1. The van der Waals surface area contributed by atoms with E-state index in [1.54, 1.807) is 0 Å². The Morgan fingerprint density at radius 1 is 1.17 bits per heavy atom. The van der Waals surface area contributed by atoms with E-state index in [2.05, 4.69) is 4.90 Å². The molecule has 1 heterocycles. The number of ether oxygens (including phenoxy) is 1. The minimum atomic E-state index is -0.0730. The Hall–Kier alpha value is -1.39. The lowest BCUT2D eigenvalue weighted by Crippen LogP contribution is -2.38. The molecule has 5 heteroatoms. The minimum Gasteiger partial charge on any atom is -0.466 e. The number of benzene rings is 1. The molecule has 0 amide bonds. The van der Waals surface area contributed by atoms with Gasteiger partial charge in [0.05, 0.1) is 12.5 Å². The predicted molar refractivity (Wildman–Crippen MR) is 95.2 cm³/mol. The third kappa shape index (κ3) is 6.25. The number of ketones is 1. The molecule has 1 aromatic carbocycles. The lowest BCUT2D eigenvalue weighted by Gasteiger charge is -2.30. The average Bonchev–Trinajstić information content (AvgIpc) is 2.60. The van der Waals surface area contributed by atoms with Crippen LogP contribution >= 0.6 is 11.6 Å². The molecule has 132 valence electrons. The number of carbonyl (C=O) groups is 2. The van der Waals surface area contributed by atoms with Crippen LogP contribution in [0.25, 0.3) is 0 Å². The van der Waals surface area contributed by atoms with Crippen molar-refractivity contribution in [3.8, 4) is 0 Å². The number of aryl methyl sites for hydroxylation is 1. The van der Waals surface area contributed by atoms with E-state index in [4.69, 9.17) is 16.3 Å². The third-order valence-electron chi connectivity index (χ3n) is 4.52. The Labute approximate surface area is 149 Å². The number of Topliss-reactive ketones (excluding diaryl/α,β-unsaturated/α-hetero) is 1. The van der Waals surface area contributed by atoms with Crippen molar-refractivity contribution in [2.45, 2.75) is 39.0 Å². The first kappa shape index (κ1) is 18.9. The Balaban J connectivity index is 1.62. The number of nitrogens with zero attached hydrogens (tertiary/aromatic N) is 1. The van der Waals surface area contributed by atoms with E-state index in [-0.39, 0.29) is 17.7 Å². The summed E-state index contributed by atoms with van der Waals surface area (Å²) in [5, 5.41) is 0.719. The van der Waals surface area contributed by atoms with Gasteiger partial charge in [-0.05, 0) is 57.0 Å². The van der Waals surface area contributed by atoms with Crippen molar-refractivity contribution >= 4 is 23.4 Å². The molecule has 0 N–H and O–H groups in total. The topological polar surface area (TPSA) is 46.6 Å². The molecule has 0 atom stereocenters. The fraction of sp³-hybridized carbons (Fsp3) is 0.579. The summed E-state index contributed by atoms with van der Waals surface area (Å²) in [6.07, 6.45) is 3.58. The molecule has 0 aliphatic carbocycles. The number of piperidine rings is 1. The first-order valence-corrected chi connectivity index (χ1v) is 9.11. The second-order valence-electron chi connectivity index (χ2n) is 6.28. The molecule has 1 aliphatic heterocycles. The standard InChI is InChI=1S/C19H26ClNO3/c1-2-24-19(23)16-9-12-21(13-10-16)14-11-18(22)8-5-15-3-6-17(20)7-4-15/h3-4,6-7,16H,2,5,8-14H2,1H3. The summed E-state index contributed by atoms with van der Waals surface area (Å²) in [4.78, 5) is 26.0. The van der Waals surface area contributed by atoms with Crippen LogP contribution in [0.4, 0.5) is 0 Å². The summed E-state index contributed by atoms with van der Waals surface area (Å²) in [6.45, 7) is 4.81.